The van der Waals surface area contributed by atoms with E-state index in [4.69, 9.17) is 5.73 Å². The lowest BCUT2D eigenvalue weighted by Crippen LogP contribution is -1.86. The van der Waals surface area contributed by atoms with E-state index in [-0.39, 0.29) is 0 Å². The molecule has 0 aliphatic rings. The summed E-state index contributed by atoms with van der Waals surface area (Å²) in [5, 5.41) is 0. The highest BCUT2D eigenvalue weighted by Gasteiger charge is 1.94. The SMILES string of the molecule is C=C/C(=C\N)c1cccc(C)c1. The molecule has 0 unspecified atom stereocenters. The molecule has 1 rings (SSSR count). The lowest BCUT2D eigenvalue weighted by atomic mass is 10.1. The number of hydrogen-bond acceptors (Lipinski definition) is 1. The molecule has 0 aliphatic carbocycles. The Labute approximate surface area is 73.2 Å². The standard InChI is InChI=1S/C11H13N/c1-3-10(8-12)11-6-4-5-9(2)7-11/h3-8H,1,12H2,2H3/b10-8+. The third-order valence-corrected chi connectivity index (χ3v) is 1.75. The van der Waals surface area contributed by atoms with Gasteiger partial charge in [-0.05, 0) is 18.1 Å². The fraction of sp³-hybridized carbons (Fsp3) is 0.0909. The second-order valence-electron chi connectivity index (χ2n) is 2.70. The molecule has 0 spiro atoms. The van der Waals surface area contributed by atoms with Crippen LogP contribution in [0.3, 0.4) is 0 Å². The highest BCUT2D eigenvalue weighted by Crippen LogP contribution is 2.14. The molecule has 12 heavy (non-hydrogen) atoms. The van der Waals surface area contributed by atoms with Crippen LogP contribution in [0.5, 0.6) is 0 Å². The van der Waals surface area contributed by atoms with Crippen LogP contribution < -0.4 is 5.73 Å². The van der Waals surface area contributed by atoms with Gasteiger partial charge in [-0.3, -0.25) is 0 Å². The zero-order valence-corrected chi connectivity index (χ0v) is 7.25. The number of benzene rings is 1. The Hall–Kier alpha value is -1.50. The average Bonchev–Trinajstić information content (AvgIpc) is 2.07. The van der Waals surface area contributed by atoms with Crippen molar-refractivity contribution in [2.75, 3.05) is 0 Å². The maximum atomic E-state index is 5.43. The molecule has 1 aromatic rings. The van der Waals surface area contributed by atoms with Gasteiger partial charge in [0.15, 0.2) is 0 Å². The van der Waals surface area contributed by atoms with Crippen molar-refractivity contribution in [1.29, 1.82) is 0 Å². The van der Waals surface area contributed by atoms with E-state index < -0.39 is 0 Å². The van der Waals surface area contributed by atoms with Crippen LogP contribution in [0.2, 0.25) is 0 Å². The first-order valence-corrected chi connectivity index (χ1v) is 3.89. The second-order valence-corrected chi connectivity index (χ2v) is 2.70. The zero-order valence-electron chi connectivity index (χ0n) is 7.25. The summed E-state index contributed by atoms with van der Waals surface area (Å²) in [5.41, 5.74) is 8.75. The molecule has 1 aromatic carbocycles. The molecule has 0 saturated carbocycles. The molecule has 1 heteroatoms. The molecule has 0 fully saturated rings. The number of allylic oxidation sites excluding steroid dienone is 2. The average molecular weight is 159 g/mol. The van der Waals surface area contributed by atoms with Crippen molar-refractivity contribution < 1.29 is 0 Å². The smallest absolute Gasteiger partial charge is 0.00173 e. The van der Waals surface area contributed by atoms with E-state index in [9.17, 15) is 0 Å². The first-order chi connectivity index (χ1) is 5.77. The molecule has 0 bridgehead atoms. The van der Waals surface area contributed by atoms with Crippen LogP contribution in [-0.2, 0) is 0 Å². The van der Waals surface area contributed by atoms with E-state index in [0.29, 0.717) is 0 Å². The van der Waals surface area contributed by atoms with Crippen LogP contribution in [0.25, 0.3) is 5.57 Å². The third-order valence-electron chi connectivity index (χ3n) is 1.75. The number of hydrogen-bond donors (Lipinski definition) is 1. The molecule has 0 radical (unpaired) electrons. The summed E-state index contributed by atoms with van der Waals surface area (Å²) in [6, 6.07) is 8.17. The Bertz CT molecular complexity index is 311. The minimum absolute atomic E-state index is 0.971. The van der Waals surface area contributed by atoms with Crippen LogP contribution in [0.4, 0.5) is 0 Å². The van der Waals surface area contributed by atoms with E-state index in [1.807, 2.05) is 12.1 Å². The van der Waals surface area contributed by atoms with Crippen LogP contribution >= 0.6 is 0 Å². The van der Waals surface area contributed by atoms with E-state index in [1.54, 1.807) is 12.3 Å². The largest absolute Gasteiger partial charge is 0.404 e. The van der Waals surface area contributed by atoms with Gasteiger partial charge in [0.05, 0.1) is 0 Å². The molecule has 0 amide bonds. The summed E-state index contributed by atoms with van der Waals surface area (Å²) in [5.74, 6) is 0. The minimum atomic E-state index is 0.971. The molecular formula is C11H13N. The normalized spacial score (nSPS) is 11.2. The maximum Gasteiger partial charge on any atom is 0.00173 e. The van der Waals surface area contributed by atoms with Crippen LogP contribution in [0, 0.1) is 6.92 Å². The summed E-state index contributed by atoms with van der Waals surface area (Å²) in [4.78, 5) is 0. The molecule has 0 aliphatic heterocycles. The van der Waals surface area contributed by atoms with Crippen LogP contribution in [0.15, 0.2) is 43.1 Å². The highest BCUT2D eigenvalue weighted by atomic mass is 14.5. The van der Waals surface area contributed by atoms with Crippen LogP contribution in [0.1, 0.15) is 11.1 Å². The van der Waals surface area contributed by atoms with E-state index in [0.717, 1.165) is 11.1 Å². The number of aryl methyl sites for hydroxylation is 1. The van der Waals surface area contributed by atoms with Gasteiger partial charge in [0.1, 0.15) is 0 Å². The third kappa shape index (κ3) is 1.76. The van der Waals surface area contributed by atoms with Crippen molar-refractivity contribution in [2.24, 2.45) is 5.73 Å². The Balaban J connectivity index is 3.10. The van der Waals surface area contributed by atoms with Gasteiger partial charge in [-0.25, -0.2) is 0 Å². The Morgan fingerprint density at radius 3 is 2.75 bits per heavy atom. The van der Waals surface area contributed by atoms with Gasteiger partial charge < -0.3 is 5.73 Å². The quantitative estimate of drug-likeness (QED) is 0.659. The van der Waals surface area contributed by atoms with Gasteiger partial charge in [-0.15, -0.1) is 0 Å². The van der Waals surface area contributed by atoms with Gasteiger partial charge in [-0.1, -0.05) is 42.5 Å². The van der Waals surface area contributed by atoms with Crippen molar-refractivity contribution in [3.8, 4) is 0 Å². The van der Waals surface area contributed by atoms with E-state index >= 15 is 0 Å². The van der Waals surface area contributed by atoms with E-state index in [1.165, 1.54) is 5.56 Å². The van der Waals surface area contributed by atoms with Crippen molar-refractivity contribution in [3.05, 3.63) is 54.2 Å². The summed E-state index contributed by atoms with van der Waals surface area (Å²) in [6.45, 7) is 5.75. The predicted octanol–water partition coefficient (Wildman–Crippen LogP) is 2.48. The maximum absolute atomic E-state index is 5.43. The monoisotopic (exact) mass is 159 g/mol. The van der Waals surface area contributed by atoms with Gasteiger partial charge in [0.2, 0.25) is 0 Å². The molecule has 62 valence electrons. The summed E-state index contributed by atoms with van der Waals surface area (Å²) in [7, 11) is 0. The first kappa shape index (κ1) is 8.60. The summed E-state index contributed by atoms with van der Waals surface area (Å²) >= 11 is 0. The van der Waals surface area contributed by atoms with Crippen molar-refractivity contribution in [2.45, 2.75) is 6.92 Å². The van der Waals surface area contributed by atoms with Gasteiger partial charge >= 0.3 is 0 Å². The van der Waals surface area contributed by atoms with Crippen molar-refractivity contribution in [1.82, 2.24) is 0 Å². The molecule has 0 aromatic heterocycles. The fourth-order valence-corrected chi connectivity index (χ4v) is 1.11. The number of rotatable bonds is 2. The Morgan fingerprint density at radius 1 is 1.50 bits per heavy atom. The lowest BCUT2D eigenvalue weighted by Gasteiger charge is -2.01. The summed E-state index contributed by atoms with van der Waals surface area (Å²) in [6.07, 6.45) is 3.33. The van der Waals surface area contributed by atoms with Gasteiger partial charge in [-0.2, -0.15) is 0 Å². The molecule has 0 saturated heterocycles. The lowest BCUT2D eigenvalue weighted by molar-refractivity contribution is 1.44. The molecular weight excluding hydrogens is 146 g/mol. The predicted molar refractivity (Wildman–Crippen MR) is 53.5 cm³/mol. The second kappa shape index (κ2) is 3.77. The molecule has 0 heterocycles. The van der Waals surface area contributed by atoms with Crippen LogP contribution in [-0.4, -0.2) is 0 Å². The molecule has 0 atom stereocenters. The van der Waals surface area contributed by atoms with Crippen molar-refractivity contribution in [3.63, 3.8) is 0 Å². The first-order valence-electron chi connectivity index (χ1n) is 3.89. The number of nitrogens with two attached hydrogens (primary N) is 1. The van der Waals surface area contributed by atoms with E-state index in [2.05, 4.69) is 25.6 Å². The topological polar surface area (TPSA) is 26.0 Å². The molecule has 1 nitrogen and oxygen atoms in total. The van der Waals surface area contributed by atoms with Crippen molar-refractivity contribution >= 4 is 5.57 Å². The fourth-order valence-electron chi connectivity index (χ4n) is 1.11. The zero-order chi connectivity index (χ0) is 8.97. The minimum Gasteiger partial charge on any atom is -0.404 e. The molecule has 2 N–H and O–H groups in total. The van der Waals surface area contributed by atoms with Gasteiger partial charge in [0.25, 0.3) is 0 Å². The highest BCUT2D eigenvalue weighted by molar-refractivity contribution is 5.73. The Morgan fingerprint density at radius 2 is 2.25 bits per heavy atom. The summed E-state index contributed by atoms with van der Waals surface area (Å²) < 4.78 is 0. The Kier molecular flexibility index (Phi) is 2.70. The van der Waals surface area contributed by atoms with Gasteiger partial charge in [0, 0.05) is 6.20 Å².